The van der Waals surface area contributed by atoms with Crippen LogP contribution in [0.5, 0.6) is 0 Å². The van der Waals surface area contributed by atoms with Crippen LogP contribution in [0, 0.1) is 0 Å². The van der Waals surface area contributed by atoms with Crippen LogP contribution < -0.4 is 5.32 Å². The summed E-state index contributed by atoms with van der Waals surface area (Å²) in [5.74, 6) is -1.83. The summed E-state index contributed by atoms with van der Waals surface area (Å²) in [4.78, 5) is 39.0. The number of rotatable bonds is 7. The summed E-state index contributed by atoms with van der Waals surface area (Å²) >= 11 is 0. The van der Waals surface area contributed by atoms with Crippen LogP contribution in [0.15, 0.2) is 78.9 Å². The molecule has 4 rings (SSSR count). The summed E-state index contributed by atoms with van der Waals surface area (Å²) in [5.41, 5.74) is 3.39. The average molecular weight is 473 g/mol. The van der Waals surface area contributed by atoms with Gasteiger partial charge in [0.2, 0.25) is 0 Å². The van der Waals surface area contributed by atoms with Crippen LogP contribution >= 0.6 is 0 Å². The Balaban J connectivity index is 1.56. The van der Waals surface area contributed by atoms with Crippen LogP contribution in [-0.4, -0.2) is 47.7 Å². The Labute approximate surface area is 204 Å². The highest BCUT2D eigenvalue weighted by Crippen LogP contribution is 2.44. The van der Waals surface area contributed by atoms with E-state index in [-0.39, 0.29) is 12.5 Å². The molecule has 0 aliphatic heterocycles. The fraction of sp³-hybridized carbons (Fsp3) is 0.250. The van der Waals surface area contributed by atoms with Crippen molar-refractivity contribution < 1.29 is 24.2 Å². The van der Waals surface area contributed by atoms with Gasteiger partial charge in [-0.3, -0.25) is 4.79 Å². The highest BCUT2D eigenvalue weighted by atomic mass is 16.5. The number of carboxylic acid groups (broad SMARTS) is 1. The molecule has 1 aliphatic carbocycles. The first kappa shape index (κ1) is 24.0. The molecule has 3 aromatic rings. The van der Waals surface area contributed by atoms with Gasteiger partial charge in [-0.1, -0.05) is 78.9 Å². The molecule has 0 aromatic heterocycles. The zero-order valence-corrected chi connectivity index (χ0v) is 19.9. The minimum Gasteiger partial charge on any atom is -0.480 e. The highest BCUT2D eigenvalue weighted by Gasteiger charge is 2.42. The number of carbonyl (C=O) groups is 3. The fourth-order valence-electron chi connectivity index (χ4n) is 4.55. The number of fused-ring (bicyclic) bond motifs is 3. The number of hydrogen-bond acceptors (Lipinski definition) is 4. The third-order valence-electron chi connectivity index (χ3n) is 6.73. The third kappa shape index (κ3) is 4.49. The normalized spacial score (nSPS) is 14.7. The van der Waals surface area contributed by atoms with E-state index in [0.717, 1.165) is 27.2 Å². The number of ether oxygens (including phenoxy) is 1. The molecule has 0 spiro atoms. The van der Waals surface area contributed by atoms with Crippen molar-refractivity contribution in [2.75, 3.05) is 13.7 Å². The Morgan fingerprint density at radius 2 is 1.46 bits per heavy atom. The molecule has 2 N–H and O–H groups in total. The number of likely N-dealkylation sites (N-methyl/N-ethyl adjacent to an activating group) is 1. The molecule has 2 unspecified atom stereocenters. The maximum absolute atomic E-state index is 13.4. The van der Waals surface area contributed by atoms with Crippen LogP contribution in [0.4, 0.5) is 4.79 Å². The second kappa shape index (κ2) is 9.62. The van der Waals surface area contributed by atoms with E-state index >= 15 is 0 Å². The van der Waals surface area contributed by atoms with E-state index in [4.69, 9.17) is 4.74 Å². The van der Waals surface area contributed by atoms with Gasteiger partial charge < -0.3 is 20.1 Å². The van der Waals surface area contributed by atoms with Crippen molar-refractivity contribution in [2.45, 2.75) is 31.3 Å². The molecular formula is C28H28N2O5. The maximum atomic E-state index is 13.4. The minimum atomic E-state index is -1.53. The van der Waals surface area contributed by atoms with E-state index in [2.05, 4.69) is 17.4 Å². The number of carboxylic acids is 1. The Morgan fingerprint density at radius 1 is 0.943 bits per heavy atom. The van der Waals surface area contributed by atoms with E-state index in [9.17, 15) is 19.5 Å². The summed E-state index contributed by atoms with van der Waals surface area (Å²) < 4.78 is 5.66. The predicted octanol–water partition coefficient (Wildman–Crippen LogP) is 4.37. The molecule has 7 nitrogen and oxygen atoms in total. The van der Waals surface area contributed by atoms with Gasteiger partial charge >= 0.3 is 12.1 Å². The van der Waals surface area contributed by atoms with Crippen molar-refractivity contribution in [3.05, 3.63) is 95.6 Å². The molecule has 1 aliphatic rings. The van der Waals surface area contributed by atoms with Gasteiger partial charge in [0.05, 0.1) is 0 Å². The molecule has 0 bridgehead atoms. The number of alkyl carbamates (subject to hydrolysis) is 1. The molecule has 7 heteroatoms. The van der Waals surface area contributed by atoms with Crippen molar-refractivity contribution in [3.63, 3.8) is 0 Å². The van der Waals surface area contributed by atoms with Crippen LogP contribution in [0.3, 0.4) is 0 Å². The quantitative estimate of drug-likeness (QED) is 0.532. The Kier molecular flexibility index (Phi) is 6.60. The summed E-state index contributed by atoms with van der Waals surface area (Å²) in [6, 6.07) is 23.7. The second-order valence-corrected chi connectivity index (χ2v) is 8.87. The van der Waals surface area contributed by atoms with Gasteiger partial charge in [0, 0.05) is 13.0 Å². The van der Waals surface area contributed by atoms with Crippen LogP contribution in [0.25, 0.3) is 11.1 Å². The molecule has 3 aromatic carbocycles. The lowest BCUT2D eigenvalue weighted by Gasteiger charge is -2.35. The lowest BCUT2D eigenvalue weighted by molar-refractivity contribution is -0.151. The van der Waals surface area contributed by atoms with Crippen molar-refractivity contribution >= 4 is 18.0 Å². The smallest absolute Gasteiger partial charge is 0.408 e. The summed E-state index contributed by atoms with van der Waals surface area (Å²) in [5, 5.41) is 12.1. The zero-order valence-electron chi connectivity index (χ0n) is 19.9. The van der Waals surface area contributed by atoms with Gasteiger partial charge in [-0.25, -0.2) is 9.59 Å². The first-order chi connectivity index (χ1) is 16.7. The Hall–Kier alpha value is -4.13. The number of carbonyl (C=O) groups excluding carboxylic acids is 2. The molecule has 180 valence electrons. The fourth-order valence-corrected chi connectivity index (χ4v) is 4.55. The zero-order chi connectivity index (χ0) is 25.2. The van der Waals surface area contributed by atoms with E-state index in [0.29, 0.717) is 5.56 Å². The number of benzene rings is 3. The second-order valence-electron chi connectivity index (χ2n) is 8.87. The van der Waals surface area contributed by atoms with Gasteiger partial charge in [-0.2, -0.15) is 0 Å². The van der Waals surface area contributed by atoms with Crippen LogP contribution in [-0.2, 0) is 19.9 Å². The van der Waals surface area contributed by atoms with Crippen LogP contribution in [0.1, 0.15) is 36.5 Å². The lowest BCUT2D eigenvalue weighted by atomic mass is 9.90. The maximum Gasteiger partial charge on any atom is 0.408 e. The van der Waals surface area contributed by atoms with E-state index in [1.54, 1.807) is 37.3 Å². The van der Waals surface area contributed by atoms with E-state index in [1.165, 1.54) is 14.0 Å². The van der Waals surface area contributed by atoms with Gasteiger partial charge in [-0.15, -0.1) is 0 Å². The molecule has 0 heterocycles. The molecule has 0 fully saturated rings. The molecule has 2 amide bonds. The van der Waals surface area contributed by atoms with Crippen LogP contribution in [0.2, 0.25) is 0 Å². The largest absolute Gasteiger partial charge is 0.480 e. The van der Waals surface area contributed by atoms with E-state index < -0.39 is 29.6 Å². The molecule has 0 saturated carbocycles. The molecule has 35 heavy (non-hydrogen) atoms. The van der Waals surface area contributed by atoms with Crippen molar-refractivity contribution in [1.29, 1.82) is 0 Å². The number of hydrogen-bond donors (Lipinski definition) is 2. The summed E-state index contributed by atoms with van der Waals surface area (Å²) in [6.45, 7) is 3.07. The van der Waals surface area contributed by atoms with Gasteiger partial charge in [0.1, 0.15) is 18.2 Å². The molecule has 0 radical (unpaired) electrons. The SMILES string of the molecule is CC(C(=O)O)N(C)C(=O)C(C)(NC(=O)OCC1c2ccccc2-c2ccccc21)c1ccccc1. The van der Waals surface area contributed by atoms with Gasteiger partial charge in [0.25, 0.3) is 5.91 Å². The Bertz CT molecular complexity index is 1210. The summed E-state index contributed by atoms with van der Waals surface area (Å²) in [7, 11) is 1.40. The molecule has 0 saturated heterocycles. The Morgan fingerprint density at radius 3 is 2.00 bits per heavy atom. The number of amides is 2. The number of nitrogens with one attached hydrogen (secondary N) is 1. The molecule has 2 atom stereocenters. The van der Waals surface area contributed by atoms with Crippen molar-refractivity contribution in [2.24, 2.45) is 0 Å². The highest BCUT2D eigenvalue weighted by molar-refractivity contribution is 5.93. The van der Waals surface area contributed by atoms with Crippen molar-refractivity contribution in [3.8, 4) is 11.1 Å². The first-order valence-electron chi connectivity index (χ1n) is 11.4. The third-order valence-corrected chi connectivity index (χ3v) is 6.73. The van der Waals surface area contributed by atoms with Crippen molar-refractivity contribution in [1.82, 2.24) is 10.2 Å². The summed E-state index contributed by atoms with van der Waals surface area (Å²) in [6.07, 6.45) is -0.761. The number of nitrogens with zero attached hydrogens (tertiary/aromatic N) is 1. The number of aliphatic carboxylic acids is 1. The van der Waals surface area contributed by atoms with Gasteiger partial charge in [0.15, 0.2) is 0 Å². The average Bonchev–Trinajstić information content (AvgIpc) is 3.20. The monoisotopic (exact) mass is 472 g/mol. The molecular weight excluding hydrogens is 444 g/mol. The topological polar surface area (TPSA) is 95.9 Å². The first-order valence-corrected chi connectivity index (χ1v) is 11.4. The van der Waals surface area contributed by atoms with E-state index in [1.807, 2.05) is 36.4 Å². The predicted molar refractivity (Wildman–Crippen MR) is 132 cm³/mol. The standard InChI is InChI=1S/C28H28N2O5/c1-18(25(31)32)30(3)26(33)28(2,19-11-5-4-6-12-19)29-27(34)35-17-24-22-15-9-7-13-20(22)21-14-8-10-16-23(21)24/h4-16,18,24H,17H2,1-3H3,(H,29,34)(H,31,32). The van der Waals surface area contributed by atoms with Gasteiger partial charge in [-0.05, 0) is 41.7 Å². The minimum absolute atomic E-state index is 0.0975. The lowest BCUT2D eigenvalue weighted by Crippen LogP contribution is -2.57.